The van der Waals surface area contributed by atoms with Gasteiger partial charge in [0.15, 0.2) is 0 Å². The van der Waals surface area contributed by atoms with Crippen LogP contribution in [0, 0.1) is 5.92 Å². The molecule has 0 aromatic carbocycles. The molecule has 2 amide bonds. The Balaban J connectivity index is 2.09. The highest BCUT2D eigenvalue weighted by atomic mass is 32.2. The van der Waals surface area contributed by atoms with Gasteiger partial charge in [-0.15, -0.1) is 6.58 Å². The van der Waals surface area contributed by atoms with Crippen molar-refractivity contribution in [1.29, 1.82) is 0 Å². The SMILES string of the molecule is C=C[C@]1(SCC)CC[C@H]1C(=O)N1CCOC1=O. The van der Waals surface area contributed by atoms with Gasteiger partial charge in [0.2, 0.25) is 5.91 Å². The van der Waals surface area contributed by atoms with Gasteiger partial charge in [-0.2, -0.15) is 11.8 Å². The topological polar surface area (TPSA) is 46.6 Å². The standard InChI is InChI=1S/C12H17NO3S/c1-3-12(17-4-2)6-5-9(12)10(14)13-7-8-16-11(13)15/h3,9H,1,4-8H2,2H3/t9-,12-/m0/s1. The predicted molar refractivity (Wildman–Crippen MR) is 66.8 cm³/mol. The van der Waals surface area contributed by atoms with Crippen LogP contribution in [0.1, 0.15) is 19.8 Å². The summed E-state index contributed by atoms with van der Waals surface area (Å²) in [7, 11) is 0. The fraction of sp³-hybridized carbons (Fsp3) is 0.667. The van der Waals surface area contributed by atoms with Gasteiger partial charge >= 0.3 is 6.09 Å². The van der Waals surface area contributed by atoms with E-state index in [2.05, 4.69) is 13.5 Å². The van der Waals surface area contributed by atoms with E-state index in [0.717, 1.165) is 18.6 Å². The molecule has 2 rings (SSSR count). The molecule has 1 saturated carbocycles. The predicted octanol–water partition coefficient (Wildman–Crippen LogP) is 2.05. The molecule has 2 fully saturated rings. The van der Waals surface area contributed by atoms with Gasteiger partial charge in [-0.1, -0.05) is 13.0 Å². The molecule has 0 bridgehead atoms. The summed E-state index contributed by atoms with van der Waals surface area (Å²) in [6, 6.07) is 0. The van der Waals surface area contributed by atoms with E-state index in [1.807, 2.05) is 6.08 Å². The van der Waals surface area contributed by atoms with Gasteiger partial charge in [-0.05, 0) is 18.6 Å². The summed E-state index contributed by atoms with van der Waals surface area (Å²) in [5.41, 5.74) is 0. The number of cyclic esters (lactones) is 1. The van der Waals surface area contributed by atoms with Crippen molar-refractivity contribution in [2.75, 3.05) is 18.9 Å². The molecule has 94 valence electrons. The zero-order chi connectivity index (χ0) is 12.5. The first-order chi connectivity index (χ1) is 8.14. The van der Waals surface area contributed by atoms with E-state index in [-0.39, 0.29) is 16.6 Å². The molecule has 1 aliphatic carbocycles. The summed E-state index contributed by atoms with van der Waals surface area (Å²) < 4.78 is 4.63. The Hall–Kier alpha value is -0.970. The molecule has 1 saturated heterocycles. The molecule has 0 unspecified atom stereocenters. The molecule has 0 spiro atoms. The van der Waals surface area contributed by atoms with Crippen LogP contribution < -0.4 is 0 Å². The highest BCUT2D eigenvalue weighted by Gasteiger charge is 2.51. The number of rotatable bonds is 4. The minimum atomic E-state index is -0.499. The van der Waals surface area contributed by atoms with Gasteiger partial charge in [0.05, 0.1) is 12.5 Å². The highest BCUT2D eigenvalue weighted by molar-refractivity contribution is 8.00. The first kappa shape index (κ1) is 12.5. The van der Waals surface area contributed by atoms with Crippen LogP contribution in [0.2, 0.25) is 0 Å². The lowest BCUT2D eigenvalue weighted by Gasteiger charge is -2.46. The van der Waals surface area contributed by atoms with Crippen molar-refractivity contribution in [3.8, 4) is 0 Å². The van der Waals surface area contributed by atoms with E-state index in [9.17, 15) is 9.59 Å². The molecule has 4 nitrogen and oxygen atoms in total. The fourth-order valence-electron chi connectivity index (χ4n) is 2.43. The summed E-state index contributed by atoms with van der Waals surface area (Å²) in [5.74, 6) is 0.732. The molecule has 2 aliphatic rings. The van der Waals surface area contributed by atoms with E-state index in [1.54, 1.807) is 11.8 Å². The van der Waals surface area contributed by atoms with Crippen molar-refractivity contribution in [2.24, 2.45) is 5.92 Å². The van der Waals surface area contributed by atoms with Gasteiger partial charge in [0.25, 0.3) is 0 Å². The second-order valence-corrected chi connectivity index (χ2v) is 5.91. The Morgan fingerprint density at radius 2 is 2.53 bits per heavy atom. The Morgan fingerprint density at radius 3 is 2.94 bits per heavy atom. The molecule has 0 N–H and O–H groups in total. The van der Waals surface area contributed by atoms with Crippen molar-refractivity contribution in [3.63, 3.8) is 0 Å². The Labute approximate surface area is 105 Å². The molecule has 5 heteroatoms. The summed E-state index contributed by atoms with van der Waals surface area (Å²) in [5, 5.41) is 0. The van der Waals surface area contributed by atoms with Crippen molar-refractivity contribution in [2.45, 2.75) is 24.5 Å². The Bertz CT molecular complexity index is 358. The average molecular weight is 255 g/mol. The number of nitrogens with zero attached hydrogens (tertiary/aromatic N) is 1. The second-order valence-electron chi connectivity index (χ2n) is 4.29. The molecular weight excluding hydrogens is 238 g/mol. The lowest BCUT2D eigenvalue weighted by Crippen LogP contribution is -2.52. The largest absolute Gasteiger partial charge is 0.447 e. The molecule has 2 atom stereocenters. The molecular formula is C12H17NO3S. The normalized spacial score (nSPS) is 31.9. The van der Waals surface area contributed by atoms with E-state index >= 15 is 0 Å². The summed E-state index contributed by atoms with van der Waals surface area (Å²) in [6.07, 6.45) is 3.17. The molecule has 0 radical (unpaired) electrons. The molecule has 0 aromatic heterocycles. The minimum Gasteiger partial charge on any atom is -0.447 e. The lowest BCUT2D eigenvalue weighted by molar-refractivity contribution is -0.135. The molecule has 1 aliphatic heterocycles. The van der Waals surface area contributed by atoms with Crippen LogP contribution in [0.15, 0.2) is 12.7 Å². The van der Waals surface area contributed by atoms with Gasteiger partial charge in [-0.25, -0.2) is 9.69 Å². The van der Waals surface area contributed by atoms with Gasteiger partial charge in [0.1, 0.15) is 6.61 Å². The number of imide groups is 1. The zero-order valence-electron chi connectivity index (χ0n) is 9.98. The van der Waals surface area contributed by atoms with E-state index in [4.69, 9.17) is 4.74 Å². The monoisotopic (exact) mass is 255 g/mol. The second kappa shape index (κ2) is 4.72. The third-order valence-corrected chi connectivity index (χ3v) is 4.98. The number of amides is 2. The smallest absolute Gasteiger partial charge is 0.416 e. The highest BCUT2D eigenvalue weighted by Crippen LogP contribution is 2.50. The van der Waals surface area contributed by atoms with Crippen molar-refractivity contribution in [1.82, 2.24) is 4.90 Å². The minimum absolute atomic E-state index is 0.0976. The van der Waals surface area contributed by atoms with E-state index in [1.165, 1.54) is 4.90 Å². The number of carbonyl (C=O) groups is 2. The molecule has 0 aromatic rings. The maximum Gasteiger partial charge on any atom is 0.416 e. The van der Waals surface area contributed by atoms with Gasteiger partial charge in [0, 0.05) is 4.75 Å². The van der Waals surface area contributed by atoms with Crippen LogP contribution in [0.5, 0.6) is 0 Å². The van der Waals surface area contributed by atoms with E-state index < -0.39 is 6.09 Å². The van der Waals surface area contributed by atoms with Crippen LogP contribution in [0.3, 0.4) is 0 Å². The van der Waals surface area contributed by atoms with Crippen LogP contribution >= 0.6 is 11.8 Å². The number of hydrogen-bond acceptors (Lipinski definition) is 4. The fourth-order valence-corrected chi connectivity index (χ4v) is 3.77. The molecule has 1 heterocycles. The third kappa shape index (κ3) is 1.97. The Kier molecular flexibility index (Phi) is 3.47. The quantitative estimate of drug-likeness (QED) is 0.721. The molecule has 17 heavy (non-hydrogen) atoms. The van der Waals surface area contributed by atoms with Crippen LogP contribution in [0.4, 0.5) is 4.79 Å². The van der Waals surface area contributed by atoms with Crippen LogP contribution in [0.25, 0.3) is 0 Å². The summed E-state index contributed by atoms with van der Waals surface area (Å²) >= 11 is 1.74. The maximum atomic E-state index is 12.3. The number of thioether (sulfide) groups is 1. The number of hydrogen-bond donors (Lipinski definition) is 0. The first-order valence-corrected chi connectivity index (χ1v) is 6.89. The zero-order valence-corrected chi connectivity index (χ0v) is 10.8. The van der Waals surface area contributed by atoms with Crippen LogP contribution in [-0.2, 0) is 9.53 Å². The third-order valence-electron chi connectivity index (χ3n) is 3.50. The van der Waals surface area contributed by atoms with E-state index in [0.29, 0.717) is 13.2 Å². The van der Waals surface area contributed by atoms with Gasteiger partial charge in [-0.3, -0.25) is 4.79 Å². The number of ether oxygens (including phenoxy) is 1. The summed E-state index contributed by atoms with van der Waals surface area (Å²) in [6.45, 7) is 6.62. The lowest BCUT2D eigenvalue weighted by atomic mass is 9.72. The van der Waals surface area contributed by atoms with Crippen LogP contribution in [-0.4, -0.2) is 40.6 Å². The van der Waals surface area contributed by atoms with Crippen molar-refractivity contribution >= 4 is 23.8 Å². The van der Waals surface area contributed by atoms with Crippen molar-refractivity contribution < 1.29 is 14.3 Å². The Morgan fingerprint density at radius 1 is 1.76 bits per heavy atom. The average Bonchev–Trinajstić information content (AvgIpc) is 2.70. The van der Waals surface area contributed by atoms with Crippen molar-refractivity contribution in [3.05, 3.63) is 12.7 Å². The summed E-state index contributed by atoms with van der Waals surface area (Å²) in [4.78, 5) is 24.9. The van der Waals surface area contributed by atoms with Gasteiger partial charge < -0.3 is 4.74 Å². The number of carbonyl (C=O) groups excluding carboxylic acids is 2. The maximum absolute atomic E-state index is 12.3. The first-order valence-electron chi connectivity index (χ1n) is 5.90.